The van der Waals surface area contributed by atoms with Gasteiger partial charge in [0.2, 0.25) is 11.8 Å². The predicted molar refractivity (Wildman–Crippen MR) is 72.5 cm³/mol. The molecule has 20 heavy (non-hydrogen) atoms. The van der Waals surface area contributed by atoms with Gasteiger partial charge in [0.25, 0.3) is 0 Å². The fourth-order valence-electron chi connectivity index (χ4n) is 2.33. The highest BCUT2D eigenvalue weighted by molar-refractivity contribution is 6.03. The number of aromatic carboxylic acids is 1. The van der Waals surface area contributed by atoms with Gasteiger partial charge in [0.05, 0.1) is 17.2 Å². The van der Waals surface area contributed by atoms with Gasteiger partial charge in [-0.05, 0) is 18.6 Å². The van der Waals surface area contributed by atoms with E-state index in [0.717, 1.165) is 0 Å². The van der Waals surface area contributed by atoms with Crippen LogP contribution in [0.25, 0.3) is 0 Å². The first kappa shape index (κ1) is 14.0. The monoisotopic (exact) mass is 276 g/mol. The first-order chi connectivity index (χ1) is 9.40. The molecule has 0 bridgehead atoms. The van der Waals surface area contributed by atoms with E-state index in [0.29, 0.717) is 12.1 Å². The second-order valence-electron chi connectivity index (χ2n) is 4.97. The van der Waals surface area contributed by atoms with Gasteiger partial charge < -0.3 is 15.3 Å². The number of benzene rings is 1. The van der Waals surface area contributed by atoms with Crippen molar-refractivity contribution in [3.8, 4) is 0 Å². The van der Waals surface area contributed by atoms with E-state index in [2.05, 4.69) is 5.32 Å². The first-order valence-corrected chi connectivity index (χ1v) is 6.28. The van der Waals surface area contributed by atoms with Crippen LogP contribution in [0, 0.1) is 12.8 Å². The summed E-state index contributed by atoms with van der Waals surface area (Å²) in [5.74, 6) is -1.92. The van der Waals surface area contributed by atoms with Crippen LogP contribution < -0.4 is 5.32 Å². The van der Waals surface area contributed by atoms with E-state index < -0.39 is 11.9 Å². The van der Waals surface area contributed by atoms with Crippen LogP contribution in [0.4, 0.5) is 5.69 Å². The Labute approximate surface area is 116 Å². The highest BCUT2D eigenvalue weighted by Gasteiger charge is 2.32. The zero-order valence-electron chi connectivity index (χ0n) is 11.3. The van der Waals surface area contributed by atoms with Crippen molar-refractivity contribution >= 4 is 23.5 Å². The lowest BCUT2D eigenvalue weighted by atomic mass is 10.0. The number of likely N-dealkylation sites (tertiary alicyclic amines) is 1. The summed E-state index contributed by atoms with van der Waals surface area (Å²) in [4.78, 5) is 36.3. The summed E-state index contributed by atoms with van der Waals surface area (Å²) >= 11 is 0. The number of carbonyl (C=O) groups is 3. The van der Waals surface area contributed by atoms with E-state index in [4.69, 9.17) is 0 Å². The summed E-state index contributed by atoms with van der Waals surface area (Å²) in [5.41, 5.74) is 0.929. The summed E-state index contributed by atoms with van der Waals surface area (Å²) in [6, 6.07) is 4.91. The molecular weight excluding hydrogens is 260 g/mol. The Kier molecular flexibility index (Phi) is 3.74. The van der Waals surface area contributed by atoms with Crippen molar-refractivity contribution in [1.29, 1.82) is 0 Å². The van der Waals surface area contributed by atoms with Gasteiger partial charge in [0.1, 0.15) is 0 Å². The third-order valence-corrected chi connectivity index (χ3v) is 3.46. The Morgan fingerprint density at radius 1 is 1.40 bits per heavy atom. The largest absolute Gasteiger partial charge is 0.478 e. The number of hydrogen-bond acceptors (Lipinski definition) is 3. The third kappa shape index (κ3) is 2.64. The number of carbonyl (C=O) groups excluding carboxylic acids is 2. The lowest BCUT2D eigenvalue weighted by Gasteiger charge is -2.13. The van der Waals surface area contributed by atoms with Crippen molar-refractivity contribution in [3.63, 3.8) is 0 Å². The molecule has 0 aliphatic carbocycles. The van der Waals surface area contributed by atoms with Crippen LogP contribution in [0.2, 0.25) is 0 Å². The quantitative estimate of drug-likeness (QED) is 0.865. The molecule has 1 heterocycles. The van der Waals surface area contributed by atoms with Crippen LogP contribution >= 0.6 is 0 Å². The van der Waals surface area contributed by atoms with E-state index in [1.807, 2.05) is 0 Å². The van der Waals surface area contributed by atoms with Crippen molar-refractivity contribution in [2.75, 3.05) is 18.9 Å². The van der Waals surface area contributed by atoms with E-state index in [1.54, 1.807) is 32.2 Å². The second kappa shape index (κ2) is 5.32. The van der Waals surface area contributed by atoms with Crippen molar-refractivity contribution in [2.45, 2.75) is 13.3 Å². The van der Waals surface area contributed by atoms with Crippen LogP contribution in [0.15, 0.2) is 18.2 Å². The lowest BCUT2D eigenvalue weighted by Crippen LogP contribution is -2.26. The maximum absolute atomic E-state index is 12.1. The van der Waals surface area contributed by atoms with Gasteiger partial charge in [0.15, 0.2) is 0 Å². The minimum absolute atomic E-state index is 0.0761. The molecule has 0 saturated carbocycles. The number of amides is 2. The molecule has 0 spiro atoms. The molecule has 2 rings (SSSR count). The lowest BCUT2D eigenvalue weighted by molar-refractivity contribution is -0.127. The van der Waals surface area contributed by atoms with Gasteiger partial charge in [-0.15, -0.1) is 0 Å². The van der Waals surface area contributed by atoms with Crippen molar-refractivity contribution < 1.29 is 19.5 Å². The van der Waals surface area contributed by atoms with Gasteiger partial charge in [-0.1, -0.05) is 12.1 Å². The highest BCUT2D eigenvalue weighted by Crippen LogP contribution is 2.22. The molecule has 1 atom stereocenters. The van der Waals surface area contributed by atoms with Crippen LogP contribution in [0.5, 0.6) is 0 Å². The Balaban J connectivity index is 2.19. The number of carboxylic acid groups (broad SMARTS) is 1. The molecule has 2 amide bonds. The zero-order chi connectivity index (χ0) is 14.9. The molecule has 1 aromatic carbocycles. The molecule has 1 aliphatic heterocycles. The van der Waals surface area contributed by atoms with Crippen molar-refractivity contribution in [3.05, 3.63) is 29.3 Å². The predicted octanol–water partition coefficient (Wildman–Crippen LogP) is 1.11. The molecule has 1 aliphatic rings. The number of carboxylic acids is 1. The summed E-state index contributed by atoms with van der Waals surface area (Å²) in [6.07, 6.45) is 0.163. The minimum Gasteiger partial charge on any atom is -0.478 e. The third-order valence-electron chi connectivity index (χ3n) is 3.46. The van der Waals surface area contributed by atoms with Gasteiger partial charge in [-0.3, -0.25) is 9.59 Å². The SMILES string of the molecule is Cc1cccc(NC(=O)C2CC(=O)N(C)C2)c1C(=O)O. The van der Waals surface area contributed by atoms with E-state index in [9.17, 15) is 19.5 Å². The summed E-state index contributed by atoms with van der Waals surface area (Å²) in [7, 11) is 1.64. The Morgan fingerprint density at radius 2 is 2.10 bits per heavy atom. The molecule has 0 aromatic heterocycles. The van der Waals surface area contributed by atoms with E-state index >= 15 is 0 Å². The maximum Gasteiger partial charge on any atom is 0.338 e. The second-order valence-corrected chi connectivity index (χ2v) is 4.97. The molecule has 1 aromatic rings. The fourth-order valence-corrected chi connectivity index (χ4v) is 2.33. The number of nitrogens with zero attached hydrogens (tertiary/aromatic N) is 1. The van der Waals surface area contributed by atoms with Gasteiger partial charge >= 0.3 is 5.97 Å². The molecule has 1 saturated heterocycles. The van der Waals surface area contributed by atoms with Gasteiger partial charge in [-0.2, -0.15) is 0 Å². The number of hydrogen-bond donors (Lipinski definition) is 2. The number of nitrogens with one attached hydrogen (secondary N) is 1. The zero-order valence-corrected chi connectivity index (χ0v) is 11.3. The molecule has 0 radical (unpaired) electrons. The van der Waals surface area contributed by atoms with Crippen LogP contribution in [-0.2, 0) is 9.59 Å². The topological polar surface area (TPSA) is 86.7 Å². The summed E-state index contributed by atoms with van der Waals surface area (Å²) in [5, 5.41) is 11.8. The molecule has 1 fully saturated rings. The summed E-state index contributed by atoms with van der Waals surface area (Å²) in [6.45, 7) is 2.03. The summed E-state index contributed by atoms with van der Waals surface area (Å²) < 4.78 is 0. The van der Waals surface area contributed by atoms with Crippen molar-refractivity contribution in [2.24, 2.45) is 5.92 Å². The van der Waals surface area contributed by atoms with Gasteiger partial charge in [-0.25, -0.2) is 4.79 Å². The Bertz CT molecular complexity index is 583. The normalized spacial score (nSPS) is 18.2. The number of rotatable bonds is 3. The molecule has 6 heteroatoms. The smallest absolute Gasteiger partial charge is 0.338 e. The highest BCUT2D eigenvalue weighted by atomic mass is 16.4. The van der Waals surface area contributed by atoms with Crippen molar-refractivity contribution in [1.82, 2.24) is 4.90 Å². The average Bonchev–Trinajstić information content (AvgIpc) is 2.69. The molecule has 6 nitrogen and oxygen atoms in total. The van der Waals surface area contributed by atoms with E-state index in [-0.39, 0.29) is 29.5 Å². The molecule has 1 unspecified atom stereocenters. The minimum atomic E-state index is -1.09. The van der Waals surface area contributed by atoms with Gasteiger partial charge in [0, 0.05) is 20.0 Å². The van der Waals surface area contributed by atoms with Crippen LogP contribution in [0.3, 0.4) is 0 Å². The Hall–Kier alpha value is -2.37. The van der Waals surface area contributed by atoms with Crippen LogP contribution in [0.1, 0.15) is 22.3 Å². The standard InChI is InChI=1S/C14H16N2O4/c1-8-4-3-5-10(12(8)14(19)20)15-13(18)9-6-11(17)16(2)7-9/h3-5,9H,6-7H2,1-2H3,(H,15,18)(H,19,20). The fraction of sp³-hybridized carbons (Fsp3) is 0.357. The number of aryl methyl sites for hydroxylation is 1. The first-order valence-electron chi connectivity index (χ1n) is 6.28. The maximum atomic E-state index is 12.1. The molecule has 106 valence electrons. The average molecular weight is 276 g/mol. The number of anilines is 1. The van der Waals surface area contributed by atoms with Crippen LogP contribution in [-0.4, -0.2) is 41.4 Å². The Morgan fingerprint density at radius 3 is 2.65 bits per heavy atom. The molecular formula is C14H16N2O4. The van der Waals surface area contributed by atoms with E-state index in [1.165, 1.54) is 4.90 Å². The molecule has 2 N–H and O–H groups in total.